The molecule has 20 heavy (non-hydrogen) atoms. The maximum Gasteiger partial charge on any atom is 0.0537 e. The van der Waals surface area contributed by atoms with Crippen molar-refractivity contribution in [3.05, 3.63) is 35.9 Å². The summed E-state index contributed by atoms with van der Waals surface area (Å²) in [5.41, 5.74) is 1.62. The van der Waals surface area contributed by atoms with Gasteiger partial charge in [-0.1, -0.05) is 57.5 Å². The van der Waals surface area contributed by atoms with Crippen LogP contribution in [0.25, 0.3) is 0 Å². The molecule has 1 unspecified atom stereocenters. The highest BCUT2D eigenvalue weighted by molar-refractivity contribution is 5.25. The molecule has 1 fully saturated rings. The summed E-state index contributed by atoms with van der Waals surface area (Å²) in [6.45, 7) is 10.4. The van der Waals surface area contributed by atoms with E-state index in [0.717, 1.165) is 19.6 Å². The molecule has 0 amide bonds. The first-order chi connectivity index (χ1) is 9.51. The summed E-state index contributed by atoms with van der Waals surface area (Å²) in [5, 5.41) is 9.89. The zero-order valence-corrected chi connectivity index (χ0v) is 13.2. The monoisotopic (exact) mass is 275 g/mol. The van der Waals surface area contributed by atoms with Crippen molar-refractivity contribution in [1.29, 1.82) is 0 Å². The molecule has 112 valence electrons. The number of nitrogens with zero attached hydrogens (tertiary/aromatic N) is 1. The third kappa shape index (κ3) is 3.42. The topological polar surface area (TPSA) is 23.5 Å². The van der Waals surface area contributed by atoms with Gasteiger partial charge in [-0.05, 0) is 36.9 Å². The number of likely N-dealkylation sites (tertiary alicyclic amines) is 1. The second-order valence-corrected chi connectivity index (χ2v) is 7.03. The Morgan fingerprint density at radius 1 is 1.20 bits per heavy atom. The van der Waals surface area contributed by atoms with Crippen molar-refractivity contribution < 1.29 is 5.11 Å². The third-order valence-electron chi connectivity index (χ3n) is 5.31. The summed E-state index contributed by atoms with van der Waals surface area (Å²) < 4.78 is 0. The van der Waals surface area contributed by atoms with Crippen molar-refractivity contribution in [2.24, 2.45) is 5.41 Å². The van der Waals surface area contributed by atoms with E-state index < -0.39 is 0 Å². The van der Waals surface area contributed by atoms with Crippen molar-refractivity contribution in [2.75, 3.05) is 26.2 Å². The minimum absolute atomic E-state index is 0.152. The summed E-state index contributed by atoms with van der Waals surface area (Å²) in [6, 6.07) is 10.4. The molecule has 0 aromatic heterocycles. The molecule has 1 aliphatic heterocycles. The van der Waals surface area contributed by atoms with Gasteiger partial charge in [0.05, 0.1) is 6.61 Å². The molecule has 0 spiro atoms. The van der Waals surface area contributed by atoms with Gasteiger partial charge < -0.3 is 10.0 Å². The predicted molar refractivity (Wildman–Crippen MR) is 85.0 cm³/mol. The second-order valence-electron chi connectivity index (χ2n) is 7.03. The summed E-state index contributed by atoms with van der Waals surface area (Å²) in [5.74, 6) is 0. The average Bonchev–Trinajstić information content (AvgIpc) is 2.50. The van der Waals surface area contributed by atoms with Gasteiger partial charge in [0.15, 0.2) is 0 Å². The standard InChI is InChI=1S/C18H29NO/c1-4-17(2)10-12-19(13-11-17)14-18(3,15-20)16-8-6-5-7-9-16/h5-9,20H,4,10-15H2,1-3H3. The molecule has 1 N–H and O–H groups in total. The summed E-state index contributed by atoms with van der Waals surface area (Å²) in [7, 11) is 0. The van der Waals surface area contributed by atoms with E-state index in [-0.39, 0.29) is 12.0 Å². The summed E-state index contributed by atoms with van der Waals surface area (Å²) in [4.78, 5) is 2.53. The fourth-order valence-electron chi connectivity index (χ4n) is 3.17. The zero-order chi connectivity index (χ0) is 14.6. The number of hydrogen-bond acceptors (Lipinski definition) is 2. The highest BCUT2D eigenvalue weighted by Crippen LogP contribution is 2.35. The Morgan fingerprint density at radius 3 is 2.30 bits per heavy atom. The minimum Gasteiger partial charge on any atom is -0.395 e. The van der Waals surface area contributed by atoms with E-state index in [9.17, 15) is 5.11 Å². The molecule has 0 aliphatic carbocycles. The molecule has 2 heteroatoms. The smallest absolute Gasteiger partial charge is 0.0537 e. The first-order valence-electron chi connectivity index (χ1n) is 7.90. The van der Waals surface area contributed by atoms with Crippen LogP contribution in [0.3, 0.4) is 0 Å². The van der Waals surface area contributed by atoms with Gasteiger partial charge in [-0.3, -0.25) is 0 Å². The molecule has 1 aliphatic rings. The number of piperidine rings is 1. The first kappa shape index (κ1) is 15.5. The zero-order valence-electron chi connectivity index (χ0n) is 13.2. The largest absolute Gasteiger partial charge is 0.395 e. The highest BCUT2D eigenvalue weighted by atomic mass is 16.3. The van der Waals surface area contributed by atoms with E-state index in [1.807, 2.05) is 6.07 Å². The van der Waals surface area contributed by atoms with E-state index in [1.54, 1.807) is 0 Å². The number of benzene rings is 1. The van der Waals surface area contributed by atoms with Crippen LogP contribution in [-0.4, -0.2) is 36.2 Å². The van der Waals surface area contributed by atoms with Crippen molar-refractivity contribution in [2.45, 2.75) is 45.4 Å². The molecule has 1 saturated heterocycles. The molecule has 1 aromatic carbocycles. The van der Waals surface area contributed by atoms with Crippen LogP contribution in [0.2, 0.25) is 0 Å². The van der Waals surface area contributed by atoms with Crippen LogP contribution in [-0.2, 0) is 5.41 Å². The Labute approximate surface area is 123 Å². The lowest BCUT2D eigenvalue weighted by Gasteiger charge is -2.42. The number of aliphatic hydroxyl groups excluding tert-OH is 1. The van der Waals surface area contributed by atoms with Crippen molar-refractivity contribution in [3.8, 4) is 0 Å². The molecular formula is C18H29NO. The fourth-order valence-corrected chi connectivity index (χ4v) is 3.17. The number of hydrogen-bond donors (Lipinski definition) is 1. The van der Waals surface area contributed by atoms with Crippen molar-refractivity contribution >= 4 is 0 Å². The van der Waals surface area contributed by atoms with Crippen LogP contribution in [0.5, 0.6) is 0 Å². The normalized spacial score (nSPS) is 22.4. The van der Waals surface area contributed by atoms with Crippen LogP contribution in [0.15, 0.2) is 30.3 Å². The molecule has 1 atom stereocenters. The van der Waals surface area contributed by atoms with Gasteiger partial charge in [-0.15, -0.1) is 0 Å². The summed E-state index contributed by atoms with van der Waals surface area (Å²) >= 11 is 0. The molecule has 0 saturated carbocycles. The second kappa shape index (κ2) is 6.28. The van der Waals surface area contributed by atoms with Crippen LogP contribution in [0.4, 0.5) is 0 Å². The Hall–Kier alpha value is -0.860. The predicted octanol–water partition coefficient (Wildman–Crippen LogP) is 3.45. The van der Waals surface area contributed by atoms with E-state index in [2.05, 4.69) is 49.9 Å². The molecule has 2 rings (SSSR count). The first-order valence-corrected chi connectivity index (χ1v) is 7.90. The van der Waals surface area contributed by atoms with Crippen molar-refractivity contribution in [1.82, 2.24) is 4.90 Å². The lowest BCUT2D eigenvalue weighted by atomic mass is 9.77. The number of rotatable bonds is 5. The molecular weight excluding hydrogens is 246 g/mol. The number of aliphatic hydroxyl groups is 1. The van der Waals surface area contributed by atoms with Crippen LogP contribution in [0, 0.1) is 5.41 Å². The van der Waals surface area contributed by atoms with Gasteiger partial charge in [0, 0.05) is 12.0 Å². The van der Waals surface area contributed by atoms with Gasteiger partial charge in [0.2, 0.25) is 0 Å². The molecule has 1 heterocycles. The van der Waals surface area contributed by atoms with Gasteiger partial charge in [0.1, 0.15) is 0 Å². The molecule has 2 nitrogen and oxygen atoms in total. The lowest BCUT2D eigenvalue weighted by Crippen LogP contribution is -2.46. The van der Waals surface area contributed by atoms with E-state index in [1.165, 1.54) is 24.8 Å². The third-order valence-corrected chi connectivity index (χ3v) is 5.31. The highest BCUT2D eigenvalue weighted by Gasteiger charge is 2.33. The SMILES string of the molecule is CCC1(C)CCN(CC(C)(CO)c2ccccc2)CC1. The lowest BCUT2D eigenvalue weighted by molar-refractivity contribution is 0.0789. The fraction of sp³-hybridized carbons (Fsp3) is 0.667. The van der Waals surface area contributed by atoms with E-state index >= 15 is 0 Å². The molecule has 1 aromatic rings. The molecule has 0 radical (unpaired) electrons. The molecule has 0 bridgehead atoms. The van der Waals surface area contributed by atoms with E-state index in [0.29, 0.717) is 5.41 Å². The van der Waals surface area contributed by atoms with Gasteiger partial charge in [-0.25, -0.2) is 0 Å². The van der Waals surface area contributed by atoms with Crippen LogP contribution >= 0.6 is 0 Å². The Balaban J connectivity index is 2.01. The maximum atomic E-state index is 9.89. The average molecular weight is 275 g/mol. The van der Waals surface area contributed by atoms with Crippen molar-refractivity contribution in [3.63, 3.8) is 0 Å². The van der Waals surface area contributed by atoms with Gasteiger partial charge >= 0.3 is 0 Å². The van der Waals surface area contributed by atoms with Crippen LogP contribution < -0.4 is 0 Å². The Kier molecular flexibility index (Phi) is 4.87. The minimum atomic E-state index is -0.152. The Morgan fingerprint density at radius 2 is 1.80 bits per heavy atom. The summed E-state index contributed by atoms with van der Waals surface area (Å²) in [6.07, 6.45) is 3.83. The maximum absolute atomic E-state index is 9.89. The Bertz CT molecular complexity index is 409. The van der Waals surface area contributed by atoms with Gasteiger partial charge in [-0.2, -0.15) is 0 Å². The van der Waals surface area contributed by atoms with Crippen LogP contribution in [0.1, 0.15) is 45.6 Å². The quantitative estimate of drug-likeness (QED) is 0.889. The van der Waals surface area contributed by atoms with E-state index in [4.69, 9.17) is 0 Å². The van der Waals surface area contributed by atoms with Gasteiger partial charge in [0.25, 0.3) is 0 Å².